The number of para-hydroxylation sites is 2. The standard InChI is InChI=1S/C17H17N3S/c1-20-12-16(21-2)17(14-10-6-7-11-15(14)20)19-18-13-8-4-3-5-9-13/h3-12,18H,1-2H3/b19-17-. The number of nitrogens with zero attached hydrogens (tertiary/aromatic N) is 2. The van der Waals surface area contributed by atoms with Crippen molar-refractivity contribution in [3.8, 4) is 0 Å². The largest absolute Gasteiger partial charge is 0.349 e. The SMILES string of the molecule is CSc1cn(C)c2ccccc2/c1=N/Nc1ccccc1. The number of aryl methyl sites for hydroxylation is 1. The lowest BCUT2D eigenvalue weighted by atomic mass is 10.2. The molecule has 1 aromatic heterocycles. The molecule has 21 heavy (non-hydrogen) atoms. The quantitative estimate of drug-likeness (QED) is 0.588. The molecule has 0 fully saturated rings. The summed E-state index contributed by atoms with van der Waals surface area (Å²) in [5.41, 5.74) is 5.31. The Labute approximate surface area is 128 Å². The summed E-state index contributed by atoms with van der Waals surface area (Å²) in [6.07, 6.45) is 4.20. The van der Waals surface area contributed by atoms with Crippen LogP contribution in [0.15, 0.2) is 70.8 Å². The Morgan fingerprint density at radius 2 is 1.71 bits per heavy atom. The lowest BCUT2D eigenvalue weighted by Gasteiger charge is -2.10. The molecule has 1 heterocycles. The number of anilines is 1. The molecular formula is C17H17N3S. The molecule has 0 bridgehead atoms. The van der Waals surface area contributed by atoms with Gasteiger partial charge in [0.1, 0.15) is 5.36 Å². The van der Waals surface area contributed by atoms with Gasteiger partial charge in [-0.25, -0.2) is 0 Å². The van der Waals surface area contributed by atoms with Gasteiger partial charge < -0.3 is 4.57 Å². The molecule has 3 aromatic rings. The fourth-order valence-electron chi connectivity index (χ4n) is 2.32. The predicted molar refractivity (Wildman–Crippen MR) is 90.3 cm³/mol. The Balaban J connectivity index is 2.18. The van der Waals surface area contributed by atoms with E-state index in [0.717, 1.165) is 21.3 Å². The summed E-state index contributed by atoms with van der Waals surface area (Å²) in [4.78, 5) is 1.15. The number of nitrogens with one attached hydrogen (secondary N) is 1. The molecule has 2 aromatic carbocycles. The molecule has 3 rings (SSSR count). The zero-order valence-corrected chi connectivity index (χ0v) is 12.9. The van der Waals surface area contributed by atoms with Gasteiger partial charge in [-0.1, -0.05) is 36.4 Å². The number of benzene rings is 2. The Bertz CT molecular complexity index is 822. The Morgan fingerprint density at radius 3 is 2.48 bits per heavy atom. The molecule has 1 N–H and O–H groups in total. The van der Waals surface area contributed by atoms with Crippen molar-refractivity contribution < 1.29 is 0 Å². The van der Waals surface area contributed by atoms with Crippen molar-refractivity contribution in [2.24, 2.45) is 12.1 Å². The summed E-state index contributed by atoms with van der Waals surface area (Å²) in [5.74, 6) is 0. The number of rotatable bonds is 3. The van der Waals surface area contributed by atoms with E-state index in [1.165, 1.54) is 5.52 Å². The second kappa shape index (κ2) is 6.06. The third kappa shape index (κ3) is 2.81. The van der Waals surface area contributed by atoms with E-state index in [1.54, 1.807) is 11.8 Å². The third-order valence-corrected chi connectivity index (χ3v) is 4.11. The van der Waals surface area contributed by atoms with E-state index in [4.69, 9.17) is 0 Å². The molecule has 0 unspecified atom stereocenters. The van der Waals surface area contributed by atoms with Crippen LogP contribution in [0.3, 0.4) is 0 Å². The third-order valence-electron chi connectivity index (χ3n) is 3.37. The van der Waals surface area contributed by atoms with Gasteiger partial charge in [0.2, 0.25) is 0 Å². The molecule has 0 spiro atoms. The van der Waals surface area contributed by atoms with Crippen molar-refractivity contribution in [1.82, 2.24) is 4.57 Å². The van der Waals surface area contributed by atoms with Crippen molar-refractivity contribution in [2.45, 2.75) is 4.90 Å². The summed E-state index contributed by atoms with van der Waals surface area (Å²) in [6, 6.07) is 18.3. The number of aromatic nitrogens is 1. The van der Waals surface area contributed by atoms with Crippen LogP contribution in [-0.4, -0.2) is 10.8 Å². The number of hydrogen-bond donors (Lipinski definition) is 1. The van der Waals surface area contributed by atoms with E-state index in [2.05, 4.69) is 52.8 Å². The minimum Gasteiger partial charge on any atom is -0.349 e. The first-order valence-corrected chi connectivity index (χ1v) is 7.99. The van der Waals surface area contributed by atoms with Crippen LogP contribution in [-0.2, 0) is 7.05 Å². The van der Waals surface area contributed by atoms with Crippen LogP contribution in [0.2, 0.25) is 0 Å². The molecule has 0 aliphatic carbocycles. The van der Waals surface area contributed by atoms with Crippen LogP contribution in [0.1, 0.15) is 0 Å². The molecule has 0 aliphatic heterocycles. The lowest BCUT2D eigenvalue weighted by Crippen LogP contribution is -2.13. The average Bonchev–Trinajstić information content (AvgIpc) is 2.55. The molecule has 106 valence electrons. The predicted octanol–water partition coefficient (Wildman–Crippen LogP) is 3.83. The van der Waals surface area contributed by atoms with Crippen LogP contribution < -0.4 is 10.8 Å². The smallest absolute Gasteiger partial charge is 0.108 e. The van der Waals surface area contributed by atoms with Crippen molar-refractivity contribution in [3.05, 3.63) is 66.2 Å². The van der Waals surface area contributed by atoms with E-state index in [-0.39, 0.29) is 0 Å². The maximum absolute atomic E-state index is 4.63. The van der Waals surface area contributed by atoms with Crippen molar-refractivity contribution >= 4 is 28.4 Å². The van der Waals surface area contributed by atoms with Crippen LogP contribution >= 0.6 is 11.8 Å². The van der Waals surface area contributed by atoms with E-state index in [9.17, 15) is 0 Å². The molecule has 4 heteroatoms. The summed E-state index contributed by atoms with van der Waals surface area (Å²) in [5, 5.41) is 6.77. The minimum absolute atomic E-state index is 0.986. The topological polar surface area (TPSA) is 29.3 Å². The maximum Gasteiger partial charge on any atom is 0.108 e. The highest BCUT2D eigenvalue weighted by Crippen LogP contribution is 2.16. The van der Waals surface area contributed by atoms with E-state index < -0.39 is 0 Å². The first kappa shape index (κ1) is 13.8. The fourth-order valence-corrected chi connectivity index (χ4v) is 2.93. The van der Waals surface area contributed by atoms with Gasteiger partial charge in [-0.05, 0) is 24.5 Å². The van der Waals surface area contributed by atoms with Gasteiger partial charge in [0.15, 0.2) is 0 Å². The first-order chi connectivity index (χ1) is 10.3. The molecule has 0 atom stereocenters. The van der Waals surface area contributed by atoms with Gasteiger partial charge in [0, 0.05) is 24.1 Å². The first-order valence-electron chi connectivity index (χ1n) is 6.77. The number of hydrogen-bond acceptors (Lipinski definition) is 3. The molecule has 0 amide bonds. The number of pyridine rings is 1. The summed E-state index contributed by atoms with van der Waals surface area (Å²) < 4.78 is 2.14. The Kier molecular flexibility index (Phi) is 3.97. The van der Waals surface area contributed by atoms with Gasteiger partial charge in [-0.15, -0.1) is 11.8 Å². The van der Waals surface area contributed by atoms with Crippen LogP contribution in [0, 0.1) is 0 Å². The average molecular weight is 295 g/mol. The molecule has 0 radical (unpaired) electrons. The molecular weight excluding hydrogens is 278 g/mol. The Hall–Kier alpha value is -2.20. The highest BCUT2D eigenvalue weighted by atomic mass is 32.2. The van der Waals surface area contributed by atoms with Crippen molar-refractivity contribution in [2.75, 3.05) is 11.7 Å². The van der Waals surface area contributed by atoms with Crippen LogP contribution in [0.25, 0.3) is 10.9 Å². The molecule has 0 saturated carbocycles. The summed E-state index contributed by atoms with van der Waals surface area (Å²) in [6.45, 7) is 0. The van der Waals surface area contributed by atoms with E-state index >= 15 is 0 Å². The van der Waals surface area contributed by atoms with Crippen molar-refractivity contribution in [3.63, 3.8) is 0 Å². The second-order valence-corrected chi connectivity index (χ2v) is 5.61. The second-order valence-electron chi connectivity index (χ2n) is 4.76. The maximum atomic E-state index is 4.63. The van der Waals surface area contributed by atoms with Gasteiger partial charge in [0.25, 0.3) is 0 Å². The number of thioether (sulfide) groups is 1. The fraction of sp³-hybridized carbons (Fsp3) is 0.118. The highest BCUT2D eigenvalue weighted by Gasteiger charge is 2.04. The van der Waals surface area contributed by atoms with Gasteiger partial charge in [0.05, 0.1) is 10.6 Å². The summed E-state index contributed by atoms with van der Waals surface area (Å²) >= 11 is 1.70. The Morgan fingerprint density at radius 1 is 1.00 bits per heavy atom. The van der Waals surface area contributed by atoms with Gasteiger partial charge >= 0.3 is 0 Å². The van der Waals surface area contributed by atoms with Gasteiger partial charge in [-0.3, -0.25) is 5.43 Å². The lowest BCUT2D eigenvalue weighted by molar-refractivity contribution is 0.917. The zero-order valence-electron chi connectivity index (χ0n) is 12.1. The highest BCUT2D eigenvalue weighted by molar-refractivity contribution is 7.98. The summed E-state index contributed by atoms with van der Waals surface area (Å²) in [7, 11) is 2.07. The molecule has 0 saturated heterocycles. The van der Waals surface area contributed by atoms with E-state index in [0.29, 0.717) is 0 Å². The van der Waals surface area contributed by atoms with Gasteiger partial charge in [-0.2, -0.15) is 5.10 Å². The molecule has 0 aliphatic rings. The van der Waals surface area contributed by atoms with Crippen molar-refractivity contribution in [1.29, 1.82) is 0 Å². The number of fused-ring (bicyclic) bond motifs is 1. The van der Waals surface area contributed by atoms with Crippen LogP contribution in [0.5, 0.6) is 0 Å². The normalized spacial score (nSPS) is 11.8. The zero-order chi connectivity index (χ0) is 14.7. The minimum atomic E-state index is 0.986. The monoisotopic (exact) mass is 295 g/mol. The molecule has 3 nitrogen and oxygen atoms in total. The van der Waals surface area contributed by atoms with Crippen LogP contribution in [0.4, 0.5) is 5.69 Å². The van der Waals surface area contributed by atoms with E-state index in [1.807, 2.05) is 36.4 Å².